The van der Waals surface area contributed by atoms with Crippen molar-refractivity contribution in [2.45, 2.75) is 32.2 Å². The van der Waals surface area contributed by atoms with Gasteiger partial charge in [-0.2, -0.15) is 4.98 Å². The summed E-state index contributed by atoms with van der Waals surface area (Å²) in [5.74, 6) is 0.256. The molecule has 1 fully saturated rings. The summed E-state index contributed by atoms with van der Waals surface area (Å²) in [7, 11) is 1.95. The minimum Gasteiger partial charge on any atom is -0.424 e. The largest absolute Gasteiger partial charge is 0.424 e. The molecule has 7 nitrogen and oxygen atoms in total. The van der Waals surface area contributed by atoms with Gasteiger partial charge in [-0.3, -0.25) is 4.79 Å². The Morgan fingerprint density at radius 1 is 1.38 bits per heavy atom. The second-order valence-electron chi connectivity index (χ2n) is 6.96. The van der Waals surface area contributed by atoms with Gasteiger partial charge in [-0.1, -0.05) is 13.0 Å². The summed E-state index contributed by atoms with van der Waals surface area (Å²) in [5.41, 5.74) is 3.71. The van der Waals surface area contributed by atoms with Crippen molar-refractivity contribution in [2.75, 3.05) is 18.4 Å². The van der Waals surface area contributed by atoms with Crippen LogP contribution in [0.25, 0.3) is 11.1 Å². The first-order valence-electron chi connectivity index (χ1n) is 8.93. The number of carbonyl (C=O) groups is 1. The number of nitrogens with zero attached hydrogens (tertiary/aromatic N) is 4. The lowest BCUT2D eigenvalue weighted by atomic mass is 10.0. The molecule has 3 heterocycles. The van der Waals surface area contributed by atoms with Gasteiger partial charge in [0.2, 0.25) is 5.91 Å². The first-order chi connectivity index (χ1) is 12.5. The monoisotopic (exact) mass is 353 g/mol. The Morgan fingerprint density at radius 2 is 2.23 bits per heavy atom. The molecule has 1 aliphatic rings. The van der Waals surface area contributed by atoms with E-state index < -0.39 is 0 Å². The lowest BCUT2D eigenvalue weighted by Crippen LogP contribution is -2.31. The first kappa shape index (κ1) is 16.6. The zero-order valence-corrected chi connectivity index (χ0v) is 15.3. The number of anilines is 1. The first-order valence-corrected chi connectivity index (χ1v) is 8.93. The summed E-state index contributed by atoms with van der Waals surface area (Å²) >= 11 is 0. The molecule has 0 saturated carbocycles. The normalized spacial score (nSPS) is 20.0. The van der Waals surface area contributed by atoms with Gasteiger partial charge in [0.05, 0.1) is 18.1 Å². The van der Waals surface area contributed by atoms with E-state index in [1.54, 1.807) is 6.33 Å². The Kier molecular flexibility index (Phi) is 4.14. The van der Waals surface area contributed by atoms with Crippen LogP contribution in [0.4, 0.5) is 6.01 Å². The molecule has 1 aliphatic heterocycles. The molecule has 1 N–H and O–H groups in total. The van der Waals surface area contributed by atoms with Gasteiger partial charge in [-0.05, 0) is 24.6 Å². The molecule has 0 radical (unpaired) electrons. The number of amides is 1. The van der Waals surface area contributed by atoms with E-state index in [0.29, 0.717) is 25.5 Å². The van der Waals surface area contributed by atoms with Gasteiger partial charge < -0.3 is 19.2 Å². The SMILES string of the molecule is CCC(=O)N1C[C@@H](Nc2nc3cc(C)ccc3o2)[C@H](c2cn(C)cn2)C1. The number of aromatic nitrogens is 3. The van der Waals surface area contributed by atoms with Crippen LogP contribution in [-0.2, 0) is 11.8 Å². The summed E-state index contributed by atoms with van der Waals surface area (Å²) in [6.45, 7) is 5.19. The lowest BCUT2D eigenvalue weighted by molar-refractivity contribution is -0.129. The number of fused-ring (bicyclic) bond motifs is 1. The zero-order chi connectivity index (χ0) is 18.3. The molecule has 2 atom stereocenters. The topological polar surface area (TPSA) is 76.2 Å². The second-order valence-corrected chi connectivity index (χ2v) is 6.96. The van der Waals surface area contributed by atoms with Crippen LogP contribution in [0.15, 0.2) is 35.1 Å². The molecule has 1 amide bonds. The number of benzene rings is 1. The van der Waals surface area contributed by atoms with E-state index in [4.69, 9.17) is 4.42 Å². The van der Waals surface area contributed by atoms with Gasteiger partial charge >= 0.3 is 0 Å². The van der Waals surface area contributed by atoms with Crippen LogP contribution >= 0.6 is 0 Å². The maximum Gasteiger partial charge on any atom is 0.295 e. The third-order valence-corrected chi connectivity index (χ3v) is 4.93. The molecule has 0 spiro atoms. The zero-order valence-electron chi connectivity index (χ0n) is 15.3. The van der Waals surface area contributed by atoms with Crippen molar-refractivity contribution >= 4 is 23.0 Å². The quantitative estimate of drug-likeness (QED) is 0.780. The summed E-state index contributed by atoms with van der Waals surface area (Å²) in [4.78, 5) is 23.1. The third kappa shape index (κ3) is 3.05. The Hall–Kier alpha value is -2.83. The van der Waals surface area contributed by atoms with Crippen molar-refractivity contribution in [3.63, 3.8) is 0 Å². The molecular formula is C19H23N5O2. The van der Waals surface area contributed by atoms with E-state index in [0.717, 1.165) is 22.4 Å². The molecule has 7 heteroatoms. The number of hydrogen-bond acceptors (Lipinski definition) is 5. The van der Waals surface area contributed by atoms with Gasteiger partial charge in [-0.25, -0.2) is 4.98 Å². The summed E-state index contributed by atoms with van der Waals surface area (Å²) < 4.78 is 7.77. The van der Waals surface area contributed by atoms with E-state index in [9.17, 15) is 4.79 Å². The number of carbonyl (C=O) groups excluding carboxylic acids is 1. The molecule has 136 valence electrons. The van der Waals surface area contributed by atoms with Gasteiger partial charge in [0.25, 0.3) is 6.01 Å². The Morgan fingerprint density at radius 3 is 2.96 bits per heavy atom. The minimum absolute atomic E-state index is 0.00885. The molecule has 1 aromatic carbocycles. The average Bonchev–Trinajstić information content (AvgIpc) is 3.32. The van der Waals surface area contributed by atoms with Crippen LogP contribution in [-0.4, -0.2) is 44.5 Å². The van der Waals surface area contributed by atoms with Crippen LogP contribution in [0.2, 0.25) is 0 Å². The predicted molar refractivity (Wildman–Crippen MR) is 99.0 cm³/mol. The van der Waals surface area contributed by atoms with Crippen LogP contribution in [0, 0.1) is 6.92 Å². The van der Waals surface area contributed by atoms with Crippen molar-refractivity contribution in [1.82, 2.24) is 19.4 Å². The predicted octanol–water partition coefficient (Wildman–Crippen LogP) is 2.69. The summed E-state index contributed by atoms with van der Waals surface area (Å²) in [6.07, 6.45) is 4.30. The van der Waals surface area contributed by atoms with Gasteiger partial charge in [0, 0.05) is 38.7 Å². The Balaban J connectivity index is 1.61. The van der Waals surface area contributed by atoms with Gasteiger partial charge in [-0.15, -0.1) is 0 Å². The van der Waals surface area contributed by atoms with Crippen LogP contribution < -0.4 is 5.32 Å². The molecular weight excluding hydrogens is 330 g/mol. The van der Waals surface area contributed by atoms with Crippen LogP contribution in [0.1, 0.15) is 30.5 Å². The number of aryl methyl sites for hydroxylation is 2. The fourth-order valence-electron chi connectivity index (χ4n) is 3.56. The highest BCUT2D eigenvalue weighted by Crippen LogP contribution is 2.30. The molecule has 1 saturated heterocycles. The van der Waals surface area contributed by atoms with E-state index in [-0.39, 0.29) is 17.9 Å². The van der Waals surface area contributed by atoms with Crippen LogP contribution in [0.3, 0.4) is 0 Å². The fraction of sp³-hybridized carbons (Fsp3) is 0.421. The molecule has 26 heavy (non-hydrogen) atoms. The summed E-state index contributed by atoms with van der Waals surface area (Å²) in [6, 6.07) is 6.44. The maximum atomic E-state index is 12.2. The van der Waals surface area contributed by atoms with E-state index in [1.165, 1.54) is 0 Å². The molecule has 4 rings (SSSR count). The average molecular weight is 353 g/mol. The fourth-order valence-corrected chi connectivity index (χ4v) is 3.56. The van der Waals surface area contributed by atoms with Crippen molar-refractivity contribution in [1.29, 1.82) is 0 Å². The minimum atomic E-state index is 0.00885. The smallest absolute Gasteiger partial charge is 0.295 e. The van der Waals surface area contributed by atoms with Gasteiger partial charge in [0.1, 0.15) is 5.52 Å². The molecule has 0 bridgehead atoms. The number of hydrogen-bond donors (Lipinski definition) is 1. The highest BCUT2D eigenvalue weighted by Gasteiger charge is 2.37. The standard InChI is InChI=1S/C19H23N5O2/c1-4-18(25)24-8-13(15-9-23(3)11-20-15)16(10-24)22-19-21-14-7-12(2)5-6-17(14)26-19/h5-7,9,11,13,16H,4,8,10H2,1-3H3,(H,21,22)/t13-,16+/m0/s1. The molecule has 0 aliphatic carbocycles. The molecule has 3 aromatic rings. The number of nitrogens with one attached hydrogen (secondary N) is 1. The van der Waals surface area contributed by atoms with Gasteiger partial charge in [0.15, 0.2) is 5.58 Å². The molecule has 2 aromatic heterocycles. The van der Waals surface area contributed by atoms with E-state index in [1.807, 2.05) is 54.8 Å². The Labute approximate surface area is 152 Å². The number of imidazole rings is 1. The van der Waals surface area contributed by atoms with E-state index >= 15 is 0 Å². The lowest BCUT2D eigenvalue weighted by Gasteiger charge is -2.16. The van der Waals surface area contributed by atoms with E-state index in [2.05, 4.69) is 15.3 Å². The number of likely N-dealkylation sites (tertiary alicyclic amines) is 1. The van der Waals surface area contributed by atoms with Crippen molar-refractivity contribution in [2.24, 2.45) is 7.05 Å². The maximum absolute atomic E-state index is 12.2. The van der Waals surface area contributed by atoms with Crippen molar-refractivity contribution in [3.8, 4) is 0 Å². The summed E-state index contributed by atoms with van der Waals surface area (Å²) in [5, 5.41) is 3.40. The molecule has 0 unspecified atom stereocenters. The van der Waals surface area contributed by atoms with Crippen molar-refractivity contribution < 1.29 is 9.21 Å². The Bertz CT molecular complexity index is 944. The van der Waals surface area contributed by atoms with Crippen LogP contribution in [0.5, 0.6) is 0 Å². The highest BCUT2D eigenvalue weighted by atomic mass is 16.4. The number of rotatable bonds is 4. The second kappa shape index (κ2) is 6.48. The number of oxazole rings is 1. The third-order valence-electron chi connectivity index (χ3n) is 4.93. The van der Waals surface area contributed by atoms with Crippen molar-refractivity contribution in [3.05, 3.63) is 42.0 Å². The highest BCUT2D eigenvalue weighted by molar-refractivity contribution is 5.77.